The highest BCUT2D eigenvalue weighted by Gasteiger charge is 2.19. The van der Waals surface area contributed by atoms with Crippen molar-refractivity contribution in [1.29, 1.82) is 0 Å². The smallest absolute Gasteiger partial charge is 0.273 e. The van der Waals surface area contributed by atoms with Crippen molar-refractivity contribution in [3.05, 3.63) is 5.82 Å². The Kier molecular flexibility index (Phi) is 3.22. The molecule has 1 heterocycles. The van der Waals surface area contributed by atoms with E-state index in [0.717, 1.165) is 6.42 Å². The van der Waals surface area contributed by atoms with Crippen LogP contribution in [0.1, 0.15) is 26.1 Å². The van der Waals surface area contributed by atoms with Crippen molar-refractivity contribution in [1.82, 2.24) is 14.8 Å². The van der Waals surface area contributed by atoms with E-state index in [0.29, 0.717) is 18.8 Å². The van der Waals surface area contributed by atoms with Gasteiger partial charge in [-0.3, -0.25) is 0 Å². The van der Waals surface area contributed by atoms with Gasteiger partial charge >= 0.3 is 0 Å². The number of aromatic nitrogens is 3. The van der Waals surface area contributed by atoms with Gasteiger partial charge in [0, 0.05) is 13.0 Å². The van der Waals surface area contributed by atoms with Crippen molar-refractivity contribution in [2.45, 2.75) is 38.4 Å². The highest BCUT2D eigenvalue weighted by atomic mass is 32.2. The van der Waals surface area contributed by atoms with Gasteiger partial charge in [-0.2, -0.15) is 0 Å². The summed E-state index contributed by atoms with van der Waals surface area (Å²) in [5, 5.41) is 12.2. The molecule has 0 aliphatic rings. The molecule has 0 amide bonds. The van der Waals surface area contributed by atoms with Gasteiger partial charge in [0.2, 0.25) is 0 Å². The zero-order valence-corrected chi connectivity index (χ0v) is 9.08. The highest BCUT2D eigenvalue weighted by Crippen LogP contribution is 2.08. The quantitative estimate of drug-likeness (QED) is 0.763. The lowest BCUT2D eigenvalue weighted by atomic mass is 10.4. The van der Waals surface area contributed by atoms with Gasteiger partial charge in [0.05, 0.1) is 0 Å². The van der Waals surface area contributed by atoms with Crippen molar-refractivity contribution < 1.29 is 8.42 Å². The van der Waals surface area contributed by atoms with Crippen LogP contribution in [0.25, 0.3) is 0 Å². The summed E-state index contributed by atoms with van der Waals surface area (Å²) in [7, 11) is -3.76. The summed E-state index contributed by atoms with van der Waals surface area (Å²) in [6, 6.07) is 0. The second kappa shape index (κ2) is 4.05. The highest BCUT2D eigenvalue weighted by molar-refractivity contribution is 7.89. The fourth-order valence-corrected chi connectivity index (χ4v) is 1.90. The lowest BCUT2D eigenvalue weighted by molar-refractivity contribution is 0.549. The number of hydrogen-bond acceptors (Lipinski definition) is 4. The Morgan fingerprint density at radius 1 is 1.36 bits per heavy atom. The summed E-state index contributed by atoms with van der Waals surface area (Å²) >= 11 is 0. The first-order valence-electron chi connectivity index (χ1n) is 4.45. The average molecular weight is 218 g/mol. The van der Waals surface area contributed by atoms with Crippen molar-refractivity contribution in [3.8, 4) is 0 Å². The molecule has 0 fully saturated rings. The van der Waals surface area contributed by atoms with E-state index in [9.17, 15) is 8.42 Å². The van der Waals surface area contributed by atoms with Gasteiger partial charge in [0.25, 0.3) is 15.2 Å². The minimum Gasteiger partial charge on any atom is -0.301 e. The zero-order valence-electron chi connectivity index (χ0n) is 8.27. The first-order chi connectivity index (χ1) is 6.50. The average Bonchev–Trinajstić information content (AvgIpc) is 2.47. The maximum atomic E-state index is 11.1. The van der Waals surface area contributed by atoms with Gasteiger partial charge in [-0.15, -0.1) is 10.2 Å². The first kappa shape index (κ1) is 11.1. The summed E-state index contributed by atoms with van der Waals surface area (Å²) in [5.41, 5.74) is 0. The fraction of sp³-hybridized carbons (Fsp3) is 0.714. The van der Waals surface area contributed by atoms with Crippen LogP contribution in [0.5, 0.6) is 0 Å². The molecule has 0 atom stereocenters. The van der Waals surface area contributed by atoms with E-state index in [1.54, 1.807) is 4.57 Å². The molecule has 0 saturated carbocycles. The summed E-state index contributed by atoms with van der Waals surface area (Å²) in [6.45, 7) is 4.41. The number of nitrogens with two attached hydrogens (primary N) is 1. The summed E-state index contributed by atoms with van der Waals surface area (Å²) < 4.78 is 23.8. The maximum Gasteiger partial charge on any atom is 0.273 e. The van der Waals surface area contributed by atoms with E-state index in [1.165, 1.54) is 0 Å². The molecule has 0 bridgehead atoms. The van der Waals surface area contributed by atoms with Crippen LogP contribution in [0.2, 0.25) is 0 Å². The molecule has 1 aromatic rings. The predicted octanol–water partition coefficient (Wildman–Crippen LogP) is -0.102. The first-order valence-corrected chi connectivity index (χ1v) is 6.00. The molecule has 0 spiro atoms. The number of primary sulfonamides is 1. The molecule has 14 heavy (non-hydrogen) atoms. The minimum absolute atomic E-state index is 0.142. The molecular weight excluding hydrogens is 204 g/mol. The predicted molar refractivity (Wildman–Crippen MR) is 51.1 cm³/mol. The standard InChI is InChI=1S/C7H14N4O2S/c1-3-5-11-6(4-2)9-10-7(11)14(8,12)13/h3-5H2,1-2H3,(H2,8,12,13). The lowest BCUT2D eigenvalue weighted by Crippen LogP contribution is -2.19. The summed E-state index contributed by atoms with van der Waals surface area (Å²) in [4.78, 5) is 0. The van der Waals surface area contributed by atoms with Gasteiger partial charge in [-0.25, -0.2) is 13.6 Å². The van der Waals surface area contributed by atoms with E-state index in [-0.39, 0.29) is 5.16 Å². The molecule has 1 rings (SSSR count). The van der Waals surface area contributed by atoms with Crippen LogP contribution >= 0.6 is 0 Å². The van der Waals surface area contributed by atoms with Crippen molar-refractivity contribution >= 4 is 10.0 Å². The molecule has 0 aromatic carbocycles. The molecular formula is C7H14N4O2S. The van der Waals surface area contributed by atoms with E-state index < -0.39 is 10.0 Å². The second-order valence-electron chi connectivity index (χ2n) is 2.95. The van der Waals surface area contributed by atoms with Crippen LogP contribution in [0.4, 0.5) is 0 Å². The Morgan fingerprint density at radius 2 is 2.00 bits per heavy atom. The van der Waals surface area contributed by atoms with Crippen LogP contribution in [-0.4, -0.2) is 23.2 Å². The molecule has 1 aromatic heterocycles. The van der Waals surface area contributed by atoms with Gasteiger partial charge in [-0.05, 0) is 6.42 Å². The normalized spacial score (nSPS) is 11.9. The Balaban J connectivity index is 3.24. The molecule has 6 nitrogen and oxygen atoms in total. The van der Waals surface area contributed by atoms with Crippen LogP contribution in [0, 0.1) is 0 Å². The number of hydrogen-bond donors (Lipinski definition) is 1. The molecule has 0 unspecified atom stereocenters. The Morgan fingerprint density at radius 3 is 2.43 bits per heavy atom. The molecule has 0 aliphatic carbocycles. The van der Waals surface area contributed by atoms with E-state index in [1.807, 2.05) is 13.8 Å². The molecule has 0 radical (unpaired) electrons. The van der Waals surface area contributed by atoms with Gasteiger partial charge in [0.1, 0.15) is 5.82 Å². The summed E-state index contributed by atoms with van der Waals surface area (Å²) in [6.07, 6.45) is 1.45. The molecule has 2 N–H and O–H groups in total. The van der Waals surface area contributed by atoms with Crippen molar-refractivity contribution in [2.75, 3.05) is 0 Å². The number of nitrogens with zero attached hydrogens (tertiary/aromatic N) is 3. The van der Waals surface area contributed by atoms with Crippen molar-refractivity contribution in [3.63, 3.8) is 0 Å². The third kappa shape index (κ3) is 2.10. The van der Waals surface area contributed by atoms with Gasteiger partial charge < -0.3 is 4.57 Å². The Hall–Kier alpha value is -0.950. The monoisotopic (exact) mass is 218 g/mol. The molecule has 0 saturated heterocycles. The second-order valence-corrected chi connectivity index (χ2v) is 4.40. The maximum absolute atomic E-state index is 11.1. The topological polar surface area (TPSA) is 90.9 Å². The Bertz CT molecular complexity index is 409. The van der Waals surface area contributed by atoms with Gasteiger partial charge in [0.15, 0.2) is 0 Å². The lowest BCUT2D eigenvalue weighted by Gasteiger charge is -2.05. The van der Waals surface area contributed by atoms with E-state index >= 15 is 0 Å². The fourth-order valence-electron chi connectivity index (χ4n) is 1.24. The minimum atomic E-state index is -3.76. The third-order valence-electron chi connectivity index (χ3n) is 1.81. The van der Waals surface area contributed by atoms with Crippen molar-refractivity contribution in [2.24, 2.45) is 5.14 Å². The zero-order chi connectivity index (χ0) is 10.8. The van der Waals surface area contributed by atoms with E-state index in [4.69, 9.17) is 5.14 Å². The summed E-state index contributed by atoms with van der Waals surface area (Å²) in [5.74, 6) is 0.649. The van der Waals surface area contributed by atoms with E-state index in [2.05, 4.69) is 10.2 Å². The Labute approximate surface area is 83.2 Å². The van der Waals surface area contributed by atoms with Crippen LogP contribution in [0.15, 0.2) is 5.16 Å². The van der Waals surface area contributed by atoms with Crippen LogP contribution in [0.3, 0.4) is 0 Å². The van der Waals surface area contributed by atoms with Crippen LogP contribution < -0.4 is 5.14 Å². The van der Waals surface area contributed by atoms with Crippen LogP contribution in [-0.2, 0) is 23.0 Å². The largest absolute Gasteiger partial charge is 0.301 e. The SMILES string of the molecule is CCCn1c(CC)nnc1S(N)(=O)=O. The third-order valence-corrected chi connectivity index (χ3v) is 2.62. The molecule has 80 valence electrons. The molecule has 7 heteroatoms. The van der Waals surface area contributed by atoms with Gasteiger partial charge in [-0.1, -0.05) is 13.8 Å². The number of sulfonamides is 1. The number of rotatable bonds is 4. The number of aryl methyl sites for hydroxylation is 1. The molecule has 0 aliphatic heterocycles.